The Morgan fingerprint density at radius 1 is 0.878 bits per heavy atom. The summed E-state index contributed by atoms with van der Waals surface area (Å²) in [7, 11) is -16.7. The number of fused-ring (bicyclic) bond motifs is 1. The molecule has 0 aliphatic carbocycles. The average Bonchev–Trinajstić information content (AvgIpc) is 3.55. The molecule has 1 saturated heterocycles. The van der Waals surface area contributed by atoms with E-state index in [1.54, 1.807) is 0 Å². The van der Waals surface area contributed by atoms with E-state index in [1.807, 2.05) is 0 Å². The van der Waals surface area contributed by atoms with Gasteiger partial charge in [0.05, 0.1) is 25.1 Å². The van der Waals surface area contributed by atoms with Gasteiger partial charge in [-0.25, -0.2) is 28.6 Å². The molecule has 0 bridgehead atoms. The molecular formula is C20H38Cl2N7O17P3. The molecule has 1 fully saturated rings. The van der Waals surface area contributed by atoms with Gasteiger partial charge in [-0.2, -0.15) is 8.62 Å². The fraction of sp³-hybridized carbons (Fsp3) is 0.750. The molecular weight excluding hydrogens is 774 g/mol. The highest BCUT2D eigenvalue weighted by atomic mass is 35.5. The van der Waals surface area contributed by atoms with Crippen molar-refractivity contribution >= 4 is 63.7 Å². The second-order valence-electron chi connectivity index (χ2n) is 9.92. The zero-order valence-electron chi connectivity index (χ0n) is 25.0. The first kappa shape index (κ1) is 44.1. The summed E-state index contributed by atoms with van der Waals surface area (Å²) in [5.74, 6) is 0.813. The molecule has 0 radical (unpaired) electrons. The number of nitrogens with two attached hydrogens (primary N) is 1. The number of halogens is 2. The number of imidazole rings is 1. The molecule has 2 aromatic heterocycles. The molecule has 2 unspecified atom stereocenters. The van der Waals surface area contributed by atoms with Gasteiger partial charge in [0, 0.05) is 37.9 Å². The van der Waals surface area contributed by atoms with E-state index in [0.29, 0.717) is 24.8 Å². The molecule has 29 heteroatoms. The smallest absolute Gasteiger partial charge is 0.389 e. The van der Waals surface area contributed by atoms with E-state index in [-0.39, 0.29) is 30.1 Å². The van der Waals surface area contributed by atoms with Gasteiger partial charge in [-0.1, -0.05) is 0 Å². The first-order chi connectivity index (χ1) is 22.7. The molecule has 0 saturated carbocycles. The van der Waals surface area contributed by atoms with E-state index in [2.05, 4.69) is 38.7 Å². The number of hydrogen-bond donors (Lipinski definition) is 13. The molecule has 14 N–H and O–H groups in total. The fourth-order valence-electron chi connectivity index (χ4n) is 3.95. The molecule has 1 aliphatic rings. The Morgan fingerprint density at radius 2 is 1.43 bits per heavy atom. The number of rotatable bonds is 19. The summed E-state index contributed by atoms with van der Waals surface area (Å²) in [5, 5.41) is 64.4. The molecule has 1 aliphatic heterocycles. The van der Waals surface area contributed by atoms with Crippen molar-refractivity contribution in [2.24, 2.45) is 0 Å². The number of ether oxygens (including phenoxy) is 1. The maximum atomic E-state index is 11.8. The molecule has 284 valence electrons. The zero-order chi connectivity index (χ0) is 37.2. The summed E-state index contributed by atoms with van der Waals surface area (Å²) in [5.41, 5.74) is 6.00. The fourth-order valence-corrected chi connectivity index (χ4v) is 7.25. The minimum atomic E-state index is -5.70. The number of alkyl halides is 2. The van der Waals surface area contributed by atoms with Crippen LogP contribution in [0.3, 0.4) is 0 Å². The molecule has 0 spiro atoms. The summed E-state index contributed by atoms with van der Waals surface area (Å²) in [4.78, 5) is 47.2. The normalized spacial score (nSPS) is 24.7. The molecule has 2 aromatic rings. The van der Waals surface area contributed by atoms with Crippen molar-refractivity contribution in [1.29, 1.82) is 0 Å². The van der Waals surface area contributed by atoms with Gasteiger partial charge in [-0.15, -0.1) is 23.2 Å². The van der Waals surface area contributed by atoms with Crippen molar-refractivity contribution in [2.75, 3.05) is 50.3 Å². The van der Waals surface area contributed by atoms with E-state index in [4.69, 9.17) is 48.4 Å². The number of nitrogens with zero attached hydrogens (tertiary/aromatic N) is 4. The van der Waals surface area contributed by atoms with Crippen molar-refractivity contribution in [3.05, 3.63) is 12.7 Å². The molecule has 10 atom stereocenters. The molecule has 24 nitrogen and oxygen atoms in total. The standard InChI is InChI=1S/C10H22Cl2N2O4.C10H16N5O13P3/c11-1-3-13-5-7(15)9(17)10(18)8(16)6-14-4-2-12;11-8-5-9(13-2-12-8)15(3-14-5)10-7(17)6(16)4(26-10)1-25-30(21,22)28-31(23,24)27-29(18,19)20/h7-10,13-18H,1-6H2;2-4,6-7,10,16-17H,1H2,(H,21,22)(H,23,24)(H2,11,12,13)(H2,18,19,20)/t7-,8-,9-,10-;4-,6-,7-,10-/m11/s1. The Bertz CT molecular complexity index is 1440. The Balaban J connectivity index is 0.000000397. The summed E-state index contributed by atoms with van der Waals surface area (Å²) in [6, 6.07) is 0. The van der Waals surface area contributed by atoms with Crippen molar-refractivity contribution in [2.45, 2.75) is 49.0 Å². The average molecular weight is 812 g/mol. The van der Waals surface area contributed by atoms with Crippen molar-refractivity contribution in [1.82, 2.24) is 30.2 Å². The van der Waals surface area contributed by atoms with E-state index >= 15 is 0 Å². The number of phosphoric ester groups is 1. The Kier molecular flexibility index (Phi) is 17.8. The quantitative estimate of drug-likeness (QED) is 0.0371. The number of phosphoric acid groups is 3. The van der Waals surface area contributed by atoms with Gasteiger partial charge in [0.15, 0.2) is 17.7 Å². The van der Waals surface area contributed by atoms with E-state index in [9.17, 15) is 49.2 Å². The highest BCUT2D eigenvalue weighted by molar-refractivity contribution is 7.66. The number of nitrogen functional groups attached to an aromatic ring is 1. The topological polar surface area (TPSA) is 384 Å². The predicted molar refractivity (Wildman–Crippen MR) is 167 cm³/mol. The van der Waals surface area contributed by atoms with E-state index in [0.717, 1.165) is 6.33 Å². The number of aliphatic hydroxyl groups excluding tert-OH is 6. The maximum absolute atomic E-state index is 11.8. The molecule has 0 amide bonds. The summed E-state index contributed by atoms with van der Waals surface area (Å²) in [6.07, 6.45) is -8.90. The van der Waals surface area contributed by atoms with E-state index in [1.165, 1.54) is 10.9 Å². The van der Waals surface area contributed by atoms with Gasteiger partial charge in [-0.3, -0.25) is 9.09 Å². The van der Waals surface area contributed by atoms with Gasteiger partial charge in [0.1, 0.15) is 42.4 Å². The van der Waals surface area contributed by atoms with Gasteiger partial charge in [0.25, 0.3) is 0 Å². The third-order valence-corrected chi connectivity index (χ3v) is 10.4. The lowest BCUT2D eigenvalue weighted by atomic mass is 10.0. The van der Waals surface area contributed by atoms with Gasteiger partial charge < -0.3 is 71.3 Å². The number of hydrogen-bond acceptors (Lipinski definition) is 19. The van der Waals surface area contributed by atoms with Crippen LogP contribution in [0.5, 0.6) is 0 Å². The Labute approximate surface area is 287 Å². The minimum Gasteiger partial charge on any atom is -0.389 e. The third-order valence-electron chi connectivity index (χ3n) is 6.20. The number of nitrogens with one attached hydrogen (secondary N) is 2. The third kappa shape index (κ3) is 14.1. The predicted octanol–water partition coefficient (Wildman–Crippen LogP) is -3.54. The zero-order valence-corrected chi connectivity index (χ0v) is 29.2. The van der Waals surface area contributed by atoms with Crippen LogP contribution in [0.15, 0.2) is 12.7 Å². The van der Waals surface area contributed by atoms with Crippen molar-refractivity contribution in [3.8, 4) is 0 Å². The van der Waals surface area contributed by atoms with Crippen molar-refractivity contribution in [3.63, 3.8) is 0 Å². The van der Waals surface area contributed by atoms with Crippen LogP contribution in [0.4, 0.5) is 5.82 Å². The number of anilines is 1. The van der Waals surface area contributed by atoms with Crippen LogP contribution in [0.2, 0.25) is 0 Å². The van der Waals surface area contributed by atoms with Gasteiger partial charge in [0.2, 0.25) is 0 Å². The summed E-state index contributed by atoms with van der Waals surface area (Å²) >= 11 is 10.9. The van der Waals surface area contributed by atoms with E-state index < -0.39 is 79.0 Å². The van der Waals surface area contributed by atoms with Gasteiger partial charge >= 0.3 is 23.5 Å². The molecule has 3 rings (SSSR count). The molecule has 3 heterocycles. The first-order valence-electron chi connectivity index (χ1n) is 13.7. The Morgan fingerprint density at radius 3 is 1.94 bits per heavy atom. The number of aliphatic hydroxyl groups is 6. The van der Waals surface area contributed by atoms with Crippen LogP contribution in [0.25, 0.3) is 11.2 Å². The van der Waals surface area contributed by atoms with Crippen molar-refractivity contribution < 1.29 is 81.8 Å². The van der Waals surface area contributed by atoms with Crippen LogP contribution in [0, 0.1) is 0 Å². The SMILES string of the molecule is Nc1ncnc2c1ncn2[C@@H]1O[C@H](COP(=O)(O)OP(=O)(O)OP(=O)(O)O)[C@@H](O)[C@H]1O.O[C@@H]([C@H](O)[C@H](O)CNCCCl)[C@H](O)CNCCCl. The lowest BCUT2D eigenvalue weighted by Gasteiger charge is -2.26. The van der Waals surface area contributed by atoms with Crippen LogP contribution in [-0.4, -0.2) is 157 Å². The summed E-state index contributed by atoms with van der Waals surface area (Å²) in [6.45, 7) is 0.199. The second-order valence-corrected chi connectivity index (χ2v) is 15.1. The first-order valence-corrected chi connectivity index (χ1v) is 19.3. The van der Waals surface area contributed by atoms with Gasteiger partial charge in [-0.05, 0) is 0 Å². The Hall–Kier alpha value is -1.02. The largest absolute Gasteiger partial charge is 0.490 e. The highest BCUT2D eigenvalue weighted by Gasteiger charge is 2.47. The monoisotopic (exact) mass is 811 g/mol. The number of aromatic nitrogens is 4. The van der Waals surface area contributed by atoms with Crippen LogP contribution >= 0.6 is 46.7 Å². The summed E-state index contributed by atoms with van der Waals surface area (Å²) < 4.78 is 51.9. The lowest BCUT2D eigenvalue weighted by molar-refractivity contribution is -0.102. The molecule has 0 aromatic carbocycles. The van der Waals surface area contributed by atoms with Crippen LogP contribution in [0.1, 0.15) is 6.23 Å². The second kappa shape index (κ2) is 19.7. The molecule has 49 heavy (non-hydrogen) atoms. The van der Waals surface area contributed by atoms with Crippen LogP contribution < -0.4 is 16.4 Å². The minimum absolute atomic E-state index is 0.0426. The van der Waals surface area contributed by atoms with Crippen LogP contribution in [-0.2, 0) is 31.6 Å². The highest BCUT2D eigenvalue weighted by Crippen LogP contribution is 2.66. The maximum Gasteiger partial charge on any atom is 0.490 e. The lowest BCUT2D eigenvalue weighted by Crippen LogP contribution is -2.50.